The van der Waals surface area contributed by atoms with Gasteiger partial charge in [0.1, 0.15) is 17.7 Å². The first-order valence-corrected chi connectivity index (χ1v) is 9.28. The molecule has 2 aromatic carbocycles. The quantitative estimate of drug-likeness (QED) is 0.525. The lowest BCUT2D eigenvalue weighted by atomic mass is 10.1. The zero-order chi connectivity index (χ0) is 18.1. The van der Waals surface area contributed by atoms with Gasteiger partial charge in [-0.25, -0.2) is 4.39 Å². The lowest BCUT2D eigenvalue weighted by molar-refractivity contribution is 0.174. The summed E-state index contributed by atoms with van der Waals surface area (Å²) >= 11 is 4.79. The monoisotopic (exact) mass is 424 g/mol. The van der Waals surface area contributed by atoms with Crippen LogP contribution in [0.2, 0.25) is 0 Å². The number of nitrogens with one attached hydrogen (secondary N) is 1. The van der Waals surface area contributed by atoms with Crippen LogP contribution < -0.4 is 15.8 Å². The highest BCUT2D eigenvalue weighted by Gasteiger charge is 2.21. The molecule has 2 atom stereocenters. The number of aliphatic hydroxyl groups excluding tert-OH is 1. The fraction of sp³-hybridized carbons (Fsp3) is 0.222. The number of nitrogens with two attached hydrogens (primary N) is 1. The third kappa shape index (κ3) is 3.50. The van der Waals surface area contributed by atoms with Crippen molar-refractivity contribution in [2.75, 3.05) is 12.4 Å². The van der Waals surface area contributed by atoms with Gasteiger partial charge in [0.15, 0.2) is 0 Å². The number of hydrogen-bond donors (Lipinski definition) is 3. The minimum atomic E-state index is -0.763. The minimum absolute atomic E-state index is 0.295. The van der Waals surface area contributed by atoms with Gasteiger partial charge in [-0.1, -0.05) is 28.1 Å². The maximum atomic E-state index is 14.3. The molecule has 1 aromatic heterocycles. The van der Waals surface area contributed by atoms with Crippen molar-refractivity contribution in [3.63, 3.8) is 0 Å². The summed E-state index contributed by atoms with van der Waals surface area (Å²) in [5.41, 5.74) is 7.50. The van der Waals surface area contributed by atoms with E-state index in [1.54, 1.807) is 20.1 Å². The van der Waals surface area contributed by atoms with Crippen LogP contribution in [-0.4, -0.2) is 24.5 Å². The summed E-state index contributed by atoms with van der Waals surface area (Å²) in [5, 5.41) is 13.6. The average molecular weight is 425 g/mol. The summed E-state index contributed by atoms with van der Waals surface area (Å²) in [6.07, 6.45) is -1.45. The van der Waals surface area contributed by atoms with E-state index in [9.17, 15) is 9.50 Å². The highest BCUT2D eigenvalue weighted by Crippen LogP contribution is 2.47. The molecule has 0 saturated heterocycles. The van der Waals surface area contributed by atoms with Gasteiger partial charge < -0.3 is 20.9 Å². The van der Waals surface area contributed by atoms with Crippen molar-refractivity contribution in [1.29, 1.82) is 0 Å². The number of benzene rings is 2. The molecule has 7 heteroatoms. The third-order valence-electron chi connectivity index (χ3n) is 3.90. The number of rotatable bonds is 5. The van der Waals surface area contributed by atoms with Gasteiger partial charge in [-0.15, -0.1) is 11.3 Å². The molecule has 3 aromatic rings. The number of fused-ring (bicyclic) bond motifs is 1. The van der Waals surface area contributed by atoms with Crippen molar-refractivity contribution in [1.82, 2.24) is 0 Å². The summed E-state index contributed by atoms with van der Waals surface area (Å²) in [6.45, 7) is 1.60. The van der Waals surface area contributed by atoms with Crippen LogP contribution in [0.5, 0.6) is 5.75 Å². The van der Waals surface area contributed by atoms with Gasteiger partial charge in [0.2, 0.25) is 0 Å². The lowest BCUT2D eigenvalue weighted by Gasteiger charge is -2.19. The molecule has 4 nitrogen and oxygen atoms in total. The number of aliphatic hydroxyl groups is 1. The molecule has 0 aliphatic rings. The summed E-state index contributed by atoms with van der Waals surface area (Å²) in [7, 11) is 1.59. The largest absolute Gasteiger partial charge is 0.496 e. The second-order valence-corrected chi connectivity index (χ2v) is 7.61. The van der Waals surface area contributed by atoms with E-state index in [2.05, 4.69) is 21.2 Å². The molecule has 132 valence electrons. The van der Waals surface area contributed by atoms with E-state index in [4.69, 9.17) is 10.5 Å². The van der Waals surface area contributed by atoms with Crippen LogP contribution in [0.15, 0.2) is 40.9 Å². The Morgan fingerprint density at radius 3 is 2.76 bits per heavy atom. The molecule has 0 spiro atoms. The fourth-order valence-corrected chi connectivity index (χ4v) is 4.11. The van der Waals surface area contributed by atoms with Crippen molar-refractivity contribution < 1.29 is 14.2 Å². The van der Waals surface area contributed by atoms with E-state index in [-0.39, 0.29) is 5.82 Å². The van der Waals surface area contributed by atoms with Crippen molar-refractivity contribution in [2.24, 2.45) is 5.73 Å². The molecule has 0 bridgehead atoms. The van der Waals surface area contributed by atoms with E-state index in [0.717, 1.165) is 20.3 Å². The van der Waals surface area contributed by atoms with E-state index < -0.39 is 12.3 Å². The first-order chi connectivity index (χ1) is 11.9. The highest BCUT2D eigenvalue weighted by atomic mass is 79.9. The van der Waals surface area contributed by atoms with Gasteiger partial charge in [-0.2, -0.15) is 0 Å². The number of halogens is 2. The molecule has 0 fully saturated rings. The van der Waals surface area contributed by atoms with Gasteiger partial charge in [0.05, 0.1) is 28.5 Å². The van der Waals surface area contributed by atoms with Crippen molar-refractivity contribution in [2.45, 2.75) is 19.2 Å². The molecule has 0 aliphatic heterocycles. The standard InChI is InChI=1S/C18H18BrFN2O2S/c1-9(23)18(21)22-15-11-4-3-5-13(20)16(11)25-17(15)12-8-10(19)6-7-14(12)24-2/h3-9,18,22-23H,21H2,1-2H3. The Morgan fingerprint density at radius 1 is 1.32 bits per heavy atom. The van der Waals surface area contributed by atoms with Crippen LogP contribution in [0.4, 0.5) is 10.1 Å². The zero-order valence-corrected chi connectivity index (χ0v) is 16.1. The summed E-state index contributed by atoms with van der Waals surface area (Å²) in [6, 6.07) is 10.6. The molecule has 25 heavy (non-hydrogen) atoms. The predicted molar refractivity (Wildman–Crippen MR) is 105 cm³/mol. The molecular weight excluding hydrogens is 407 g/mol. The van der Waals surface area contributed by atoms with Crippen molar-refractivity contribution in [3.05, 3.63) is 46.7 Å². The summed E-state index contributed by atoms with van der Waals surface area (Å²) in [5.74, 6) is 0.375. The van der Waals surface area contributed by atoms with Gasteiger partial charge in [-0.3, -0.25) is 0 Å². The molecule has 2 unspecified atom stereocenters. The molecule has 4 N–H and O–H groups in total. The maximum Gasteiger partial charge on any atom is 0.141 e. The smallest absolute Gasteiger partial charge is 0.141 e. The zero-order valence-electron chi connectivity index (χ0n) is 13.7. The maximum absolute atomic E-state index is 14.3. The van der Waals surface area contributed by atoms with E-state index >= 15 is 0 Å². The summed E-state index contributed by atoms with van der Waals surface area (Å²) < 4.78 is 21.2. The van der Waals surface area contributed by atoms with Crippen molar-refractivity contribution in [3.8, 4) is 16.2 Å². The molecule has 0 amide bonds. The molecular formula is C18H18BrFN2O2S. The van der Waals surface area contributed by atoms with Crippen LogP contribution in [-0.2, 0) is 0 Å². The van der Waals surface area contributed by atoms with Gasteiger partial charge in [-0.05, 0) is 31.2 Å². The number of anilines is 1. The molecule has 0 radical (unpaired) electrons. The molecule has 3 rings (SSSR count). The van der Waals surface area contributed by atoms with Gasteiger partial charge in [0, 0.05) is 15.4 Å². The molecule has 1 heterocycles. The van der Waals surface area contributed by atoms with E-state index in [1.165, 1.54) is 17.4 Å². The van der Waals surface area contributed by atoms with Crippen LogP contribution in [0.25, 0.3) is 20.5 Å². The Labute approximate surface area is 157 Å². The predicted octanol–water partition coefficient (Wildman–Crippen LogP) is 4.56. The first kappa shape index (κ1) is 18.1. The Balaban J connectivity index is 2.27. The SMILES string of the molecule is COc1ccc(Br)cc1-c1sc2c(F)cccc2c1NC(N)C(C)O. The number of thiophene rings is 1. The van der Waals surface area contributed by atoms with Gasteiger partial charge in [0.25, 0.3) is 0 Å². The number of methoxy groups -OCH3 is 1. The van der Waals surface area contributed by atoms with Crippen LogP contribution >= 0.6 is 27.3 Å². The first-order valence-electron chi connectivity index (χ1n) is 7.67. The normalized spacial score (nSPS) is 13.7. The second-order valence-electron chi connectivity index (χ2n) is 5.68. The van der Waals surface area contributed by atoms with Crippen LogP contribution in [0.1, 0.15) is 6.92 Å². The molecule has 0 aliphatic carbocycles. The Kier molecular flexibility index (Phi) is 5.29. The Hall–Kier alpha value is -1.67. The van der Waals surface area contributed by atoms with Crippen molar-refractivity contribution >= 4 is 43.0 Å². The Morgan fingerprint density at radius 2 is 2.08 bits per heavy atom. The van der Waals surface area contributed by atoms with E-state index in [1.807, 2.05) is 24.3 Å². The summed E-state index contributed by atoms with van der Waals surface area (Å²) in [4.78, 5) is 0.800. The number of hydrogen-bond acceptors (Lipinski definition) is 5. The fourth-order valence-electron chi connectivity index (χ4n) is 2.56. The Bertz CT molecular complexity index is 913. The van der Waals surface area contributed by atoms with E-state index in [0.29, 0.717) is 16.1 Å². The second kappa shape index (κ2) is 7.29. The topological polar surface area (TPSA) is 67.5 Å². The average Bonchev–Trinajstić information content (AvgIpc) is 2.94. The van der Waals surface area contributed by atoms with Crippen LogP contribution in [0.3, 0.4) is 0 Å². The highest BCUT2D eigenvalue weighted by molar-refractivity contribution is 9.10. The van der Waals surface area contributed by atoms with Crippen LogP contribution in [0, 0.1) is 5.82 Å². The van der Waals surface area contributed by atoms with Gasteiger partial charge >= 0.3 is 0 Å². The lowest BCUT2D eigenvalue weighted by Crippen LogP contribution is -2.39. The number of ether oxygens (including phenoxy) is 1. The third-order valence-corrected chi connectivity index (χ3v) is 5.64. The minimum Gasteiger partial charge on any atom is -0.496 e. The molecule has 0 saturated carbocycles.